The van der Waals surface area contributed by atoms with Crippen LogP contribution in [0.5, 0.6) is 0 Å². The van der Waals surface area contributed by atoms with Crippen molar-refractivity contribution in [2.45, 2.75) is 31.9 Å². The van der Waals surface area contributed by atoms with Crippen molar-refractivity contribution in [3.05, 3.63) is 23.4 Å². The van der Waals surface area contributed by atoms with Crippen LogP contribution < -0.4 is 5.32 Å². The van der Waals surface area contributed by atoms with Crippen molar-refractivity contribution in [2.75, 3.05) is 11.9 Å². The average molecular weight is 295 g/mol. The monoisotopic (exact) mass is 295 g/mol. The lowest BCUT2D eigenvalue weighted by atomic mass is 9.98. The van der Waals surface area contributed by atoms with E-state index in [1.165, 1.54) is 31.7 Å². The van der Waals surface area contributed by atoms with Gasteiger partial charge in [0.1, 0.15) is 17.6 Å². The average Bonchev–Trinajstić information content (AvgIpc) is 3.31. The Morgan fingerprint density at radius 2 is 1.86 bits per heavy atom. The fraction of sp³-hybridized carbons (Fsp3) is 0.600. The Morgan fingerprint density at radius 1 is 1.24 bits per heavy atom. The molecule has 0 radical (unpaired) electrons. The molecule has 1 heterocycles. The van der Waals surface area contributed by atoms with E-state index in [9.17, 15) is 13.2 Å². The topological polar surface area (TPSA) is 48.7 Å². The van der Waals surface area contributed by atoms with Crippen molar-refractivity contribution in [1.82, 2.24) is 4.98 Å². The quantitative estimate of drug-likeness (QED) is 0.898. The number of halogens is 3. The van der Waals surface area contributed by atoms with Crippen LogP contribution in [0.2, 0.25) is 0 Å². The number of pyridine rings is 1. The molecule has 0 aromatic carbocycles. The Labute approximate surface area is 121 Å². The van der Waals surface area contributed by atoms with Gasteiger partial charge in [-0.1, -0.05) is 0 Å². The van der Waals surface area contributed by atoms with Gasteiger partial charge in [-0.25, -0.2) is 4.98 Å². The highest BCUT2D eigenvalue weighted by atomic mass is 19.4. The number of nitrogens with zero attached hydrogens (tertiary/aromatic N) is 2. The first-order chi connectivity index (χ1) is 9.99. The molecule has 112 valence electrons. The number of hydrogen-bond donors (Lipinski definition) is 1. The summed E-state index contributed by atoms with van der Waals surface area (Å²) in [6, 6.07) is 3.93. The number of nitriles is 1. The predicted octanol–water partition coefficient (Wildman–Crippen LogP) is 3.82. The summed E-state index contributed by atoms with van der Waals surface area (Å²) in [5, 5.41) is 12.0. The highest BCUT2D eigenvalue weighted by molar-refractivity contribution is 5.52. The second-order valence-corrected chi connectivity index (χ2v) is 5.92. The first-order valence-electron chi connectivity index (χ1n) is 7.21. The Bertz CT molecular complexity index is 557. The van der Waals surface area contributed by atoms with E-state index in [1.807, 2.05) is 6.07 Å². The van der Waals surface area contributed by atoms with Gasteiger partial charge in [0.25, 0.3) is 0 Å². The number of rotatable bonds is 5. The molecule has 2 fully saturated rings. The minimum absolute atomic E-state index is 0.0543. The molecule has 0 unspecified atom stereocenters. The molecule has 2 saturated carbocycles. The van der Waals surface area contributed by atoms with Crippen LogP contribution in [0.15, 0.2) is 12.1 Å². The number of nitrogens with one attached hydrogen (secondary N) is 1. The van der Waals surface area contributed by atoms with Crippen LogP contribution >= 0.6 is 0 Å². The Balaban J connectivity index is 1.75. The molecule has 0 spiro atoms. The summed E-state index contributed by atoms with van der Waals surface area (Å²) >= 11 is 0. The van der Waals surface area contributed by atoms with Crippen LogP contribution in [0.25, 0.3) is 0 Å². The fourth-order valence-electron chi connectivity index (χ4n) is 2.82. The van der Waals surface area contributed by atoms with Crippen molar-refractivity contribution >= 4 is 5.82 Å². The third-order valence-electron chi connectivity index (χ3n) is 4.27. The van der Waals surface area contributed by atoms with E-state index in [4.69, 9.17) is 5.26 Å². The zero-order chi connectivity index (χ0) is 15.0. The minimum Gasteiger partial charge on any atom is -0.369 e. The molecule has 0 bridgehead atoms. The summed E-state index contributed by atoms with van der Waals surface area (Å²) in [4.78, 5) is 3.59. The molecule has 0 saturated heterocycles. The van der Waals surface area contributed by atoms with Gasteiger partial charge in [-0.15, -0.1) is 0 Å². The third kappa shape index (κ3) is 3.29. The molecule has 3 rings (SSSR count). The molecule has 1 aromatic heterocycles. The van der Waals surface area contributed by atoms with E-state index in [0.717, 1.165) is 6.07 Å². The van der Waals surface area contributed by atoms with E-state index >= 15 is 0 Å². The fourth-order valence-corrected chi connectivity index (χ4v) is 2.82. The van der Waals surface area contributed by atoms with Crippen LogP contribution in [0, 0.1) is 29.1 Å². The van der Waals surface area contributed by atoms with Gasteiger partial charge < -0.3 is 5.32 Å². The Hall–Kier alpha value is -1.77. The highest BCUT2D eigenvalue weighted by Gasteiger charge is 2.41. The summed E-state index contributed by atoms with van der Waals surface area (Å²) in [6.07, 6.45) is 0.360. The van der Waals surface area contributed by atoms with Gasteiger partial charge in [-0.3, -0.25) is 0 Å². The second-order valence-electron chi connectivity index (χ2n) is 5.92. The maximum atomic E-state index is 12.7. The zero-order valence-electron chi connectivity index (χ0n) is 11.5. The van der Waals surface area contributed by atoms with E-state index in [-0.39, 0.29) is 11.4 Å². The zero-order valence-corrected chi connectivity index (χ0v) is 11.5. The molecule has 1 aromatic rings. The van der Waals surface area contributed by atoms with Gasteiger partial charge in [0.15, 0.2) is 0 Å². The summed E-state index contributed by atoms with van der Waals surface area (Å²) < 4.78 is 38.1. The predicted molar refractivity (Wildman–Crippen MR) is 71.4 cm³/mol. The summed E-state index contributed by atoms with van der Waals surface area (Å²) in [5.41, 5.74) is -0.799. The highest BCUT2D eigenvalue weighted by Crippen LogP contribution is 2.49. The van der Waals surface area contributed by atoms with Crippen molar-refractivity contribution in [3.8, 4) is 6.07 Å². The Kier molecular flexibility index (Phi) is 3.52. The second kappa shape index (κ2) is 5.21. The molecular formula is C15H16F3N3. The Morgan fingerprint density at radius 3 is 2.33 bits per heavy atom. The molecule has 0 amide bonds. The number of alkyl halides is 3. The molecular weight excluding hydrogens is 279 g/mol. The first kappa shape index (κ1) is 14.2. The summed E-state index contributed by atoms with van der Waals surface area (Å²) in [6.45, 7) is 0.609. The van der Waals surface area contributed by atoms with E-state index in [0.29, 0.717) is 24.3 Å². The maximum Gasteiger partial charge on any atom is 0.433 e. The van der Waals surface area contributed by atoms with Gasteiger partial charge >= 0.3 is 6.18 Å². The van der Waals surface area contributed by atoms with Gasteiger partial charge in [-0.2, -0.15) is 18.4 Å². The van der Waals surface area contributed by atoms with Crippen molar-refractivity contribution in [3.63, 3.8) is 0 Å². The summed E-state index contributed by atoms with van der Waals surface area (Å²) in [5.74, 6) is 1.95. The lowest BCUT2D eigenvalue weighted by Gasteiger charge is -2.18. The lowest BCUT2D eigenvalue weighted by Crippen LogP contribution is -2.20. The first-order valence-corrected chi connectivity index (χ1v) is 7.21. The lowest BCUT2D eigenvalue weighted by molar-refractivity contribution is -0.141. The number of aromatic nitrogens is 1. The van der Waals surface area contributed by atoms with Crippen molar-refractivity contribution < 1.29 is 13.2 Å². The summed E-state index contributed by atoms with van der Waals surface area (Å²) in [7, 11) is 0. The normalized spacial score (nSPS) is 18.6. The largest absolute Gasteiger partial charge is 0.433 e. The third-order valence-corrected chi connectivity index (χ3v) is 4.27. The van der Waals surface area contributed by atoms with E-state index < -0.39 is 11.9 Å². The van der Waals surface area contributed by atoms with Crippen molar-refractivity contribution in [2.24, 2.45) is 17.8 Å². The smallest absolute Gasteiger partial charge is 0.369 e. The molecule has 2 aliphatic carbocycles. The molecule has 0 atom stereocenters. The van der Waals surface area contributed by atoms with Gasteiger partial charge in [0.05, 0.1) is 5.56 Å². The SMILES string of the molecule is N#Cc1ccc(C(F)(F)F)nc1NCC(C1CC1)C1CC1. The van der Waals surface area contributed by atoms with Gasteiger partial charge in [0, 0.05) is 6.54 Å². The molecule has 0 aliphatic heterocycles. The van der Waals surface area contributed by atoms with Crippen LogP contribution in [0.1, 0.15) is 36.9 Å². The maximum absolute atomic E-state index is 12.7. The van der Waals surface area contributed by atoms with E-state index in [2.05, 4.69) is 10.3 Å². The number of hydrogen-bond acceptors (Lipinski definition) is 3. The van der Waals surface area contributed by atoms with Gasteiger partial charge in [0.2, 0.25) is 0 Å². The van der Waals surface area contributed by atoms with Crippen LogP contribution in [0.4, 0.5) is 19.0 Å². The van der Waals surface area contributed by atoms with E-state index in [1.54, 1.807) is 0 Å². The van der Waals surface area contributed by atoms with Crippen LogP contribution in [-0.2, 0) is 6.18 Å². The molecule has 3 nitrogen and oxygen atoms in total. The molecule has 6 heteroatoms. The molecule has 21 heavy (non-hydrogen) atoms. The van der Waals surface area contributed by atoms with Gasteiger partial charge in [-0.05, 0) is 55.6 Å². The minimum atomic E-state index is -4.49. The van der Waals surface area contributed by atoms with Crippen LogP contribution in [-0.4, -0.2) is 11.5 Å². The molecule has 2 aliphatic rings. The van der Waals surface area contributed by atoms with Crippen LogP contribution in [0.3, 0.4) is 0 Å². The molecule has 1 N–H and O–H groups in total. The number of anilines is 1. The van der Waals surface area contributed by atoms with Crippen molar-refractivity contribution in [1.29, 1.82) is 5.26 Å². The standard InChI is InChI=1S/C15H16F3N3/c16-15(17,18)13-6-5-11(7-19)14(21-13)20-8-12(9-1-2-9)10-3-4-10/h5-6,9-10,12H,1-4,8H2,(H,20,21).